The van der Waals surface area contributed by atoms with Gasteiger partial charge in [-0.25, -0.2) is 8.78 Å². The van der Waals surface area contributed by atoms with Crippen LogP contribution in [-0.4, -0.2) is 5.91 Å². The van der Waals surface area contributed by atoms with Crippen molar-refractivity contribution in [2.75, 3.05) is 0 Å². The largest absolute Gasteiger partial charge is 0.326 e. The van der Waals surface area contributed by atoms with Gasteiger partial charge in [0, 0.05) is 5.70 Å². The van der Waals surface area contributed by atoms with E-state index in [4.69, 9.17) is 0 Å². The van der Waals surface area contributed by atoms with Gasteiger partial charge in [-0.2, -0.15) is 0 Å². The van der Waals surface area contributed by atoms with Crippen LogP contribution in [0.5, 0.6) is 0 Å². The summed E-state index contributed by atoms with van der Waals surface area (Å²) < 4.78 is 26.0. The molecule has 0 fully saturated rings. The van der Waals surface area contributed by atoms with Crippen molar-refractivity contribution in [2.24, 2.45) is 0 Å². The molecule has 22 heavy (non-hydrogen) atoms. The molecule has 0 unspecified atom stereocenters. The lowest BCUT2D eigenvalue weighted by Crippen LogP contribution is -2.22. The Morgan fingerprint density at radius 1 is 1.09 bits per heavy atom. The Morgan fingerprint density at radius 3 is 2.05 bits per heavy atom. The van der Waals surface area contributed by atoms with Gasteiger partial charge in [-0.3, -0.25) is 4.79 Å². The maximum Gasteiger partial charge on any atom is 0.258 e. The fourth-order valence-corrected chi connectivity index (χ4v) is 1.14. The number of halogens is 2. The third kappa shape index (κ3) is 10.8. The number of allylic oxidation sites excluding steroid dienone is 3. The van der Waals surface area contributed by atoms with Crippen LogP contribution in [-0.2, 0) is 0 Å². The Balaban J connectivity index is -0.000000535. The topological polar surface area (TPSA) is 29.1 Å². The third-order valence-corrected chi connectivity index (χ3v) is 1.85. The summed E-state index contributed by atoms with van der Waals surface area (Å²) in [5, 5.41) is 2.41. The van der Waals surface area contributed by atoms with Gasteiger partial charge in [0.25, 0.3) is 5.91 Å². The smallest absolute Gasteiger partial charge is 0.258 e. The van der Waals surface area contributed by atoms with E-state index in [9.17, 15) is 13.6 Å². The molecule has 0 heterocycles. The zero-order chi connectivity index (χ0) is 18.1. The van der Waals surface area contributed by atoms with Crippen molar-refractivity contribution in [3.05, 3.63) is 59.8 Å². The molecule has 0 saturated heterocycles. The van der Waals surface area contributed by atoms with Gasteiger partial charge in [0.2, 0.25) is 0 Å². The zero-order valence-corrected chi connectivity index (χ0v) is 14.8. The molecule has 126 valence electrons. The molecule has 1 aromatic carbocycles. The molecule has 0 aliphatic rings. The standard InChI is InChI=1S/C12H11F2NO.3C2H6/c1-3-4-8(2)15-12(16)10-7-9(13)5-6-11(10)14;3*1-2/h3-7H,1H2,2H3,(H,15,16);3*1-2H3/b8-4+;;;. The second kappa shape index (κ2) is 17.1. The molecule has 0 aromatic heterocycles. The molecule has 0 aliphatic heterocycles. The van der Waals surface area contributed by atoms with E-state index >= 15 is 0 Å². The van der Waals surface area contributed by atoms with Crippen molar-refractivity contribution < 1.29 is 13.6 Å². The minimum Gasteiger partial charge on any atom is -0.326 e. The van der Waals surface area contributed by atoms with Crippen LogP contribution in [0.25, 0.3) is 0 Å². The van der Waals surface area contributed by atoms with E-state index in [1.54, 1.807) is 13.0 Å². The van der Waals surface area contributed by atoms with E-state index < -0.39 is 17.5 Å². The summed E-state index contributed by atoms with van der Waals surface area (Å²) in [7, 11) is 0. The maximum atomic E-state index is 13.2. The van der Waals surface area contributed by atoms with Crippen molar-refractivity contribution in [3.63, 3.8) is 0 Å². The number of hydrogen-bond acceptors (Lipinski definition) is 1. The highest BCUT2D eigenvalue weighted by Gasteiger charge is 2.12. The van der Waals surface area contributed by atoms with Gasteiger partial charge in [-0.05, 0) is 31.2 Å². The van der Waals surface area contributed by atoms with Crippen LogP contribution in [0.1, 0.15) is 58.8 Å². The van der Waals surface area contributed by atoms with Crippen LogP contribution < -0.4 is 5.32 Å². The first-order valence-corrected chi connectivity index (χ1v) is 7.60. The Labute approximate surface area is 133 Å². The van der Waals surface area contributed by atoms with Crippen LogP contribution in [0.4, 0.5) is 8.78 Å². The predicted octanol–water partition coefficient (Wildman–Crippen LogP) is 5.86. The highest BCUT2D eigenvalue weighted by molar-refractivity contribution is 5.95. The quantitative estimate of drug-likeness (QED) is 0.695. The maximum absolute atomic E-state index is 13.2. The molecule has 0 atom stereocenters. The second-order valence-corrected chi connectivity index (χ2v) is 3.16. The van der Waals surface area contributed by atoms with E-state index in [1.165, 1.54) is 6.08 Å². The van der Waals surface area contributed by atoms with Crippen molar-refractivity contribution in [3.8, 4) is 0 Å². The first-order valence-electron chi connectivity index (χ1n) is 7.60. The zero-order valence-electron chi connectivity index (χ0n) is 14.8. The summed E-state index contributed by atoms with van der Waals surface area (Å²) in [6, 6.07) is 2.72. The van der Waals surface area contributed by atoms with Gasteiger partial charge in [0.05, 0.1) is 5.56 Å². The van der Waals surface area contributed by atoms with Gasteiger partial charge in [-0.15, -0.1) is 0 Å². The highest BCUT2D eigenvalue weighted by atomic mass is 19.1. The van der Waals surface area contributed by atoms with Crippen LogP contribution >= 0.6 is 0 Å². The average Bonchev–Trinajstić information content (AvgIpc) is 2.55. The molecule has 1 N–H and O–H groups in total. The van der Waals surface area contributed by atoms with Crippen molar-refractivity contribution in [2.45, 2.75) is 48.5 Å². The van der Waals surface area contributed by atoms with Crippen molar-refractivity contribution in [1.82, 2.24) is 5.32 Å². The van der Waals surface area contributed by atoms with Crippen LogP contribution in [0.15, 0.2) is 42.6 Å². The van der Waals surface area contributed by atoms with Gasteiger partial charge >= 0.3 is 0 Å². The molecule has 4 heteroatoms. The molecule has 0 aliphatic carbocycles. The Morgan fingerprint density at radius 2 is 1.59 bits per heavy atom. The predicted molar refractivity (Wildman–Crippen MR) is 91.8 cm³/mol. The molecular weight excluding hydrogens is 284 g/mol. The Kier molecular flexibility index (Phi) is 19.4. The summed E-state index contributed by atoms with van der Waals surface area (Å²) in [5.41, 5.74) is 0.181. The Hall–Kier alpha value is -1.97. The first-order chi connectivity index (χ1) is 10.5. The summed E-state index contributed by atoms with van der Waals surface area (Å²) >= 11 is 0. The van der Waals surface area contributed by atoms with Gasteiger partial charge in [0.1, 0.15) is 11.6 Å². The molecule has 0 radical (unpaired) electrons. The number of nitrogens with one attached hydrogen (secondary N) is 1. The van der Waals surface area contributed by atoms with Gasteiger partial charge in [-0.1, -0.05) is 54.2 Å². The molecular formula is C18H29F2NO. The molecule has 1 amide bonds. The molecule has 0 saturated carbocycles. The lowest BCUT2D eigenvalue weighted by atomic mass is 10.2. The van der Waals surface area contributed by atoms with Crippen LogP contribution in [0, 0.1) is 11.6 Å². The average molecular weight is 313 g/mol. The van der Waals surface area contributed by atoms with E-state index in [0.717, 1.165) is 18.2 Å². The SMILES string of the molecule is C=C/C=C(\C)NC(=O)c1cc(F)ccc1F.CC.CC.CC. The third-order valence-electron chi connectivity index (χ3n) is 1.85. The normalized spacial score (nSPS) is 8.86. The van der Waals surface area contributed by atoms with Crippen LogP contribution in [0.3, 0.4) is 0 Å². The molecule has 0 bridgehead atoms. The molecule has 2 nitrogen and oxygen atoms in total. The van der Waals surface area contributed by atoms with E-state index in [-0.39, 0.29) is 5.56 Å². The number of benzene rings is 1. The van der Waals surface area contributed by atoms with Crippen molar-refractivity contribution >= 4 is 5.91 Å². The fraction of sp³-hybridized carbons (Fsp3) is 0.389. The summed E-state index contributed by atoms with van der Waals surface area (Å²) in [6.45, 7) is 17.1. The highest BCUT2D eigenvalue weighted by Crippen LogP contribution is 2.09. The lowest BCUT2D eigenvalue weighted by Gasteiger charge is -2.05. The second-order valence-electron chi connectivity index (χ2n) is 3.16. The van der Waals surface area contributed by atoms with Crippen LogP contribution in [0.2, 0.25) is 0 Å². The molecule has 1 aromatic rings. The van der Waals surface area contributed by atoms with E-state index in [2.05, 4.69) is 11.9 Å². The summed E-state index contributed by atoms with van der Waals surface area (Å²) in [5.74, 6) is -2.10. The lowest BCUT2D eigenvalue weighted by molar-refractivity contribution is 0.0961. The number of rotatable bonds is 3. The monoisotopic (exact) mass is 313 g/mol. The van der Waals surface area contributed by atoms with E-state index in [1.807, 2.05) is 41.5 Å². The number of amides is 1. The first kappa shape index (κ1) is 25.0. The minimum absolute atomic E-state index is 0.322. The van der Waals surface area contributed by atoms with Crippen molar-refractivity contribution in [1.29, 1.82) is 0 Å². The molecule has 1 rings (SSSR count). The van der Waals surface area contributed by atoms with Gasteiger partial charge < -0.3 is 5.32 Å². The van der Waals surface area contributed by atoms with Gasteiger partial charge in [0.15, 0.2) is 0 Å². The number of carbonyl (C=O) groups is 1. The number of hydrogen-bond donors (Lipinski definition) is 1. The van der Waals surface area contributed by atoms with E-state index in [0.29, 0.717) is 5.70 Å². The minimum atomic E-state index is -0.759. The summed E-state index contributed by atoms with van der Waals surface area (Å²) in [4.78, 5) is 11.5. The summed E-state index contributed by atoms with van der Waals surface area (Å²) in [6.07, 6.45) is 3.03. The Bertz CT molecular complexity index is 454. The fourth-order valence-electron chi connectivity index (χ4n) is 1.14. The molecule has 0 spiro atoms. The number of carbonyl (C=O) groups excluding carboxylic acids is 1.